The van der Waals surface area contributed by atoms with Crippen molar-refractivity contribution in [3.8, 4) is 11.5 Å². The van der Waals surface area contributed by atoms with E-state index < -0.39 is 0 Å². The Morgan fingerprint density at radius 1 is 1.10 bits per heavy atom. The van der Waals surface area contributed by atoms with Crippen LogP contribution in [0.3, 0.4) is 0 Å². The number of methoxy groups -OCH3 is 2. The molecule has 0 radical (unpaired) electrons. The topological polar surface area (TPSA) is 30.5 Å². The van der Waals surface area contributed by atoms with Gasteiger partial charge >= 0.3 is 0 Å². The Kier molecular flexibility index (Phi) is 5.30. The van der Waals surface area contributed by atoms with Crippen molar-refractivity contribution in [3.05, 3.63) is 23.8 Å². The van der Waals surface area contributed by atoms with Crippen molar-refractivity contribution >= 4 is 0 Å². The van der Waals surface area contributed by atoms with E-state index in [1.807, 2.05) is 6.07 Å². The molecule has 3 atom stereocenters. The van der Waals surface area contributed by atoms with Crippen LogP contribution in [0.2, 0.25) is 0 Å². The van der Waals surface area contributed by atoms with E-state index in [1.165, 1.54) is 24.8 Å². The van der Waals surface area contributed by atoms with Gasteiger partial charge in [-0.3, -0.25) is 0 Å². The molecule has 1 fully saturated rings. The van der Waals surface area contributed by atoms with Gasteiger partial charge in [0.15, 0.2) is 11.5 Å². The fourth-order valence-corrected chi connectivity index (χ4v) is 3.11. The standard InChI is InChI=1S/C17H27NO2/c1-12-6-5-7-15(13(12)2)18-11-14-8-9-16(19-3)17(10-14)20-4/h8-10,12-13,15,18H,5-7,11H2,1-4H3. The zero-order valence-corrected chi connectivity index (χ0v) is 13.1. The van der Waals surface area contributed by atoms with E-state index in [9.17, 15) is 0 Å². The number of ether oxygens (including phenoxy) is 2. The summed E-state index contributed by atoms with van der Waals surface area (Å²) in [5.74, 6) is 3.17. The summed E-state index contributed by atoms with van der Waals surface area (Å²) >= 11 is 0. The van der Waals surface area contributed by atoms with Gasteiger partial charge in [0.05, 0.1) is 14.2 Å². The summed E-state index contributed by atoms with van der Waals surface area (Å²) in [7, 11) is 3.35. The van der Waals surface area contributed by atoms with Crippen LogP contribution in [0.5, 0.6) is 11.5 Å². The first-order valence-corrected chi connectivity index (χ1v) is 7.60. The molecule has 0 aromatic heterocycles. The molecule has 1 aromatic rings. The van der Waals surface area contributed by atoms with E-state index in [0.29, 0.717) is 6.04 Å². The predicted octanol–water partition coefficient (Wildman–Crippen LogP) is 3.62. The van der Waals surface area contributed by atoms with Crippen LogP contribution in [0.15, 0.2) is 18.2 Å². The largest absolute Gasteiger partial charge is 0.493 e. The summed E-state index contributed by atoms with van der Waals surface area (Å²) in [5.41, 5.74) is 1.24. The molecule has 0 amide bonds. The van der Waals surface area contributed by atoms with E-state index in [2.05, 4.69) is 31.3 Å². The molecule has 3 unspecified atom stereocenters. The third-order valence-electron chi connectivity index (χ3n) is 4.72. The second-order valence-corrected chi connectivity index (χ2v) is 5.94. The Hall–Kier alpha value is -1.22. The van der Waals surface area contributed by atoms with Crippen LogP contribution in [-0.2, 0) is 6.54 Å². The van der Waals surface area contributed by atoms with Gasteiger partial charge in [0.25, 0.3) is 0 Å². The molecule has 2 rings (SSSR count). The minimum Gasteiger partial charge on any atom is -0.493 e. The van der Waals surface area contributed by atoms with Crippen molar-refractivity contribution in [2.24, 2.45) is 11.8 Å². The van der Waals surface area contributed by atoms with Gasteiger partial charge in [0, 0.05) is 12.6 Å². The Labute approximate surface area is 122 Å². The van der Waals surface area contributed by atoms with E-state index in [4.69, 9.17) is 9.47 Å². The molecular weight excluding hydrogens is 250 g/mol. The van der Waals surface area contributed by atoms with Crippen molar-refractivity contribution in [2.45, 2.75) is 45.7 Å². The first-order chi connectivity index (χ1) is 9.65. The van der Waals surface area contributed by atoms with Gasteiger partial charge in [-0.25, -0.2) is 0 Å². The molecule has 0 aliphatic heterocycles. The average Bonchev–Trinajstić information content (AvgIpc) is 2.48. The van der Waals surface area contributed by atoms with Crippen LogP contribution in [0, 0.1) is 11.8 Å². The highest BCUT2D eigenvalue weighted by molar-refractivity contribution is 5.42. The summed E-state index contributed by atoms with van der Waals surface area (Å²) in [6, 6.07) is 6.77. The van der Waals surface area contributed by atoms with Crippen molar-refractivity contribution in [1.82, 2.24) is 5.32 Å². The molecule has 3 nitrogen and oxygen atoms in total. The summed E-state index contributed by atoms with van der Waals surface area (Å²) < 4.78 is 10.6. The molecule has 20 heavy (non-hydrogen) atoms. The molecular formula is C17H27NO2. The number of hydrogen-bond acceptors (Lipinski definition) is 3. The first-order valence-electron chi connectivity index (χ1n) is 7.60. The van der Waals surface area contributed by atoms with Gasteiger partial charge < -0.3 is 14.8 Å². The highest BCUT2D eigenvalue weighted by atomic mass is 16.5. The molecule has 1 N–H and O–H groups in total. The SMILES string of the molecule is COc1ccc(CNC2CCCC(C)C2C)cc1OC. The van der Waals surface area contributed by atoms with Gasteiger partial charge in [0.1, 0.15) is 0 Å². The number of nitrogens with one attached hydrogen (secondary N) is 1. The fourth-order valence-electron chi connectivity index (χ4n) is 3.11. The van der Waals surface area contributed by atoms with E-state index >= 15 is 0 Å². The average molecular weight is 277 g/mol. The number of rotatable bonds is 5. The molecule has 112 valence electrons. The van der Waals surface area contributed by atoms with Crippen LogP contribution in [0.1, 0.15) is 38.7 Å². The molecule has 0 spiro atoms. The number of hydrogen-bond donors (Lipinski definition) is 1. The van der Waals surface area contributed by atoms with Crippen LogP contribution in [0.4, 0.5) is 0 Å². The quantitative estimate of drug-likeness (QED) is 0.891. The summed E-state index contributed by atoms with van der Waals surface area (Å²) in [4.78, 5) is 0. The molecule has 1 aromatic carbocycles. The molecule has 0 bridgehead atoms. The lowest BCUT2D eigenvalue weighted by atomic mass is 9.78. The Balaban J connectivity index is 1.96. The molecule has 1 aliphatic carbocycles. The molecule has 1 saturated carbocycles. The third kappa shape index (κ3) is 3.45. The lowest BCUT2D eigenvalue weighted by molar-refractivity contribution is 0.206. The lowest BCUT2D eigenvalue weighted by Crippen LogP contribution is -2.40. The van der Waals surface area contributed by atoms with Crippen LogP contribution in [-0.4, -0.2) is 20.3 Å². The molecule has 0 saturated heterocycles. The van der Waals surface area contributed by atoms with E-state index in [0.717, 1.165) is 29.9 Å². The normalized spacial score (nSPS) is 26.3. The summed E-state index contributed by atoms with van der Waals surface area (Å²) in [5, 5.41) is 3.71. The van der Waals surface area contributed by atoms with Crippen molar-refractivity contribution < 1.29 is 9.47 Å². The van der Waals surface area contributed by atoms with Gasteiger partial charge in [-0.1, -0.05) is 32.8 Å². The zero-order valence-electron chi connectivity index (χ0n) is 13.1. The molecule has 0 heterocycles. The van der Waals surface area contributed by atoms with Crippen molar-refractivity contribution in [3.63, 3.8) is 0 Å². The first kappa shape index (κ1) is 15.2. The fraction of sp³-hybridized carbons (Fsp3) is 0.647. The van der Waals surface area contributed by atoms with Crippen LogP contribution >= 0.6 is 0 Å². The highest BCUT2D eigenvalue weighted by Gasteiger charge is 2.26. The smallest absolute Gasteiger partial charge is 0.161 e. The van der Waals surface area contributed by atoms with E-state index in [-0.39, 0.29) is 0 Å². The molecule has 1 aliphatic rings. The van der Waals surface area contributed by atoms with Crippen molar-refractivity contribution in [1.29, 1.82) is 0 Å². The number of benzene rings is 1. The summed E-state index contributed by atoms with van der Waals surface area (Å²) in [6.07, 6.45) is 4.00. The van der Waals surface area contributed by atoms with Crippen LogP contribution < -0.4 is 14.8 Å². The van der Waals surface area contributed by atoms with Crippen molar-refractivity contribution in [2.75, 3.05) is 14.2 Å². The minimum absolute atomic E-state index is 0.631. The third-order valence-corrected chi connectivity index (χ3v) is 4.72. The predicted molar refractivity (Wildman–Crippen MR) is 82.4 cm³/mol. The Morgan fingerprint density at radius 2 is 1.85 bits per heavy atom. The Morgan fingerprint density at radius 3 is 2.55 bits per heavy atom. The minimum atomic E-state index is 0.631. The van der Waals surface area contributed by atoms with Gasteiger partial charge in [0.2, 0.25) is 0 Å². The summed E-state index contributed by atoms with van der Waals surface area (Å²) in [6.45, 7) is 5.63. The zero-order chi connectivity index (χ0) is 14.5. The second kappa shape index (κ2) is 6.98. The van der Waals surface area contributed by atoms with Crippen LogP contribution in [0.25, 0.3) is 0 Å². The molecule has 3 heteroatoms. The monoisotopic (exact) mass is 277 g/mol. The maximum atomic E-state index is 5.35. The second-order valence-electron chi connectivity index (χ2n) is 5.94. The maximum absolute atomic E-state index is 5.35. The van der Waals surface area contributed by atoms with Gasteiger partial charge in [-0.2, -0.15) is 0 Å². The van der Waals surface area contributed by atoms with Gasteiger partial charge in [-0.15, -0.1) is 0 Å². The Bertz CT molecular complexity index is 433. The maximum Gasteiger partial charge on any atom is 0.161 e. The lowest BCUT2D eigenvalue weighted by Gasteiger charge is -2.34. The highest BCUT2D eigenvalue weighted by Crippen LogP contribution is 2.30. The van der Waals surface area contributed by atoms with E-state index in [1.54, 1.807) is 14.2 Å². The van der Waals surface area contributed by atoms with Gasteiger partial charge in [-0.05, 0) is 36.0 Å².